The molecule has 0 bridgehead atoms. The van der Waals surface area contributed by atoms with Gasteiger partial charge in [-0.15, -0.1) is 13.2 Å². The Morgan fingerprint density at radius 1 is 1.03 bits per heavy atom. The van der Waals surface area contributed by atoms with Crippen LogP contribution < -0.4 is 21.1 Å². The van der Waals surface area contributed by atoms with E-state index in [0.29, 0.717) is 28.1 Å². The molecule has 4 rings (SSSR count). The number of rotatable bonds is 4. The lowest BCUT2D eigenvalue weighted by Crippen LogP contribution is -2.19. The summed E-state index contributed by atoms with van der Waals surface area (Å²) in [6.45, 7) is 1.58. The van der Waals surface area contributed by atoms with Gasteiger partial charge in [-0.25, -0.2) is 9.18 Å². The Morgan fingerprint density at radius 2 is 1.70 bits per heavy atom. The maximum Gasteiger partial charge on any atom is 0.573 e. The molecule has 4 aromatic rings. The first-order valence-corrected chi connectivity index (χ1v) is 9.49. The van der Waals surface area contributed by atoms with Crippen molar-refractivity contribution in [2.75, 3.05) is 16.4 Å². The van der Waals surface area contributed by atoms with Crippen LogP contribution in [0.25, 0.3) is 22.1 Å². The van der Waals surface area contributed by atoms with E-state index in [9.17, 15) is 22.4 Å². The van der Waals surface area contributed by atoms with Gasteiger partial charge in [0, 0.05) is 11.4 Å². The Labute approximate surface area is 184 Å². The largest absolute Gasteiger partial charge is 0.573 e. The van der Waals surface area contributed by atoms with Crippen LogP contribution in [0.3, 0.4) is 0 Å². The van der Waals surface area contributed by atoms with Crippen molar-refractivity contribution >= 4 is 34.2 Å². The number of nitrogens with one attached hydrogen (secondary N) is 2. The van der Waals surface area contributed by atoms with Gasteiger partial charge in [0.2, 0.25) is 5.58 Å². The predicted octanol–water partition coefficient (Wildman–Crippen LogP) is 6.07. The number of hydrogen-bond acceptors (Lipinski definition) is 5. The van der Waals surface area contributed by atoms with Crippen LogP contribution in [0.4, 0.5) is 39.5 Å². The number of ether oxygens (including phenoxy) is 1. The van der Waals surface area contributed by atoms with E-state index in [0.717, 1.165) is 6.07 Å². The standard InChI is InChI=1S/C22H16F4N4O3/c1-11-10-14(6-8-16(11)23)29-21(31)28-13-4-2-12(3-5-13)15-7-9-17(32-22(24,25)26)19-18(15)20(27)30-33-19/h2-10H,1H3,(H2,27,30)(H2,28,29,31). The van der Waals surface area contributed by atoms with E-state index < -0.39 is 18.1 Å². The molecule has 1 heterocycles. The van der Waals surface area contributed by atoms with Gasteiger partial charge < -0.3 is 25.6 Å². The SMILES string of the molecule is Cc1cc(NC(=O)Nc2ccc(-c3ccc(OC(F)(F)F)c4onc(N)c34)cc2)ccc1F. The second-order valence-electron chi connectivity index (χ2n) is 7.05. The number of anilines is 3. The van der Waals surface area contributed by atoms with E-state index in [4.69, 9.17) is 10.3 Å². The number of aromatic nitrogens is 1. The van der Waals surface area contributed by atoms with Gasteiger partial charge in [0.25, 0.3) is 0 Å². The first kappa shape index (κ1) is 21.9. The molecule has 0 unspecified atom stereocenters. The molecule has 0 saturated heterocycles. The quantitative estimate of drug-likeness (QED) is 0.321. The fourth-order valence-electron chi connectivity index (χ4n) is 3.24. The van der Waals surface area contributed by atoms with Crippen molar-refractivity contribution in [2.45, 2.75) is 13.3 Å². The van der Waals surface area contributed by atoms with Crippen molar-refractivity contribution in [1.82, 2.24) is 5.16 Å². The van der Waals surface area contributed by atoms with Gasteiger partial charge in [-0.1, -0.05) is 17.3 Å². The zero-order valence-electron chi connectivity index (χ0n) is 17.0. The highest BCUT2D eigenvalue weighted by Gasteiger charge is 2.33. The lowest BCUT2D eigenvalue weighted by molar-refractivity contribution is -0.274. The van der Waals surface area contributed by atoms with Crippen molar-refractivity contribution in [3.63, 3.8) is 0 Å². The van der Waals surface area contributed by atoms with Crippen LogP contribution in [0.2, 0.25) is 0 Å². The highest BCUT2D eigenvalue weighted by atomic mass is 19.4. The van der Waals surface area contributed by atoms with Crippen LogP contribution in [-0.2, 0) is 0 Å². The van der Waals surface area contributed by atoms with Crippen LogP contribution >= 0.6 is 0 Å². The zero-order valence-corrected chi connectivity index (χ0v) is 17.0. The van der Waals surface area contributed by atoms with Gasteiger partial charge in [-0.2, -0.15) is 0 Å². The minimum Gasteiger partial charge on any atom is -0.402 e. The fourth-order valence-corrected chi connectivity index (χ4v) is 3.24. The number of alkyl halides is 3. The molecular formula is C22H16F4N4O3. The Hall–Kier alpha value is -4.28. The van der Waals surface area contributed by atoms with Gasteiger partial charge in [0.1, 0.15) is 5.82 Å². The number of nitrogen functional groups attached to an aromatic ring is 1. The van der Waals surface area contributed by atoms with E-state index in [1.54, 1.807) is 31.2 Å². The molecule has 170 valence electrons. The zero-order chi connectivity index (χ0) is 23.8. The minimum atomic E-state index is -4.91. The topological polar surface area (TPSA) is 102 Å². The summed E-state index contributed by atoms with van der Waals surface area (Å²) in [4.78, 5) is 12.2. The number of carbonyl (C=O) groups excluding carboxylic acids is 1. The van der Waals surface area contributed by atoms with Gasteiger partial charge in [-0.05, 0) is 66.1 Å². The number of nitrogens with zero attached hydrogens (tertiary/aromatic N) is 1. The third-order valence-electron chi connectivity index (χ3n) is 4.71. The molecule has 3 aromatic carbocycles. The molecule has 0 aliphatic heterocycles. The Balaban J connectivity index is 1.54. The second kappa shape index (κ2) is 8.34. The van der Waals surface area contributed by atoms with Crippen LogP contribution in [0, 0.1) is 12.7 Å². The van der Waals surface area contributed by atoms with E-state index >= 15 is 0 Å². The van der Waals surface area contributed by atoms with Crippen molar-refractivity contribution in [3.8, 4) is 16.9 Å². The van der Waals surface area contributed by atoms with Crippen molar-refractivity contribution in [2.24, 2.45) is 0 Å². The first-order valence-electron chi connectivity index (χ1n) is 9.49. The lowest BCUT2D eigenvalue weighted by Gasteiger charge is -2.11. The summed E-state index contributed by atoms with van der Waals surface area (Å²) in [6.07, 6.45) is -4.91. The molecule has 0 radical (unpaired) electrons. The van der Waals surface area contributed by atoms with Crippen molar-refractivity contribution < 1.29 is 31.6 Å². The minimum absolute atomic E-state index is 0.0937. The van der Waals surface area contributed by atoms with Gasteiger partial charge in [0.05, 0.1) is 5.39 Å². The molecule has 0 spiro atoms. The number of carbonyl (C=O) groups is 1. The highest BCUT2D eigenvalue weighted by molar-refractivity contribution is 6.04. The maximum absolute atomic E-state index is 13.4. The first-order chi connectivity index (χ1) is 15.6. The second-order valence-corrected chi connectivity index (χ2v) is 7.05. The molecule has 0 aliphatic carbocycles. The Morgan fingerprint density at radius 3 is 2.36 bits per heavy atom. The number of fused-ring (bicyclic) bond motifs is 1. The van der Waals surface area contributed by atoms with E-state index in [-0.39, 0.29) is 22.6 Å². The molecule has 4 N–H and O–H groups in total. The molecule has 0 atom stereocenters. The third-order valence-corrected chi connectivity index (χ3v) is 4.71. The number of urea groups is 1. The van der Waals surface area contributed by atoms with Crippen LogP contribution in [0.1, 0.15) is 5.56 Å². The average Bonchev–Trinajstić information content (AvgIpc) is 3.13. The molecule has 2 amide bonds. The van der Waals surface area contributed by atoms with Crippen molar-refractivity contribution in [3.05, 3.63) is 66.0 Å². The van der Waals surface area contributed by atoms with Crippen LogP contribution in [-0.4, -0.2) is 17.6 Å². The maximum atomic E-state index is 13.4. The molecule has 0 aliphatic rings. The number of halogens is 4. The van der Waals surface area contributed by atoms with Gasteiger partial charge in [0.15, 0.2) is 11.6 Å². The molecule has 0 saturated carbocycles. The number of amides is 2. The summed E-state index contributed by atoms with van der Waals surface area (Å²) in [5.74, 6) is -1.03. The highest BCUT2D eigenvalue weighted by Crippen LogP contribution is 2.39. The molecule has 11 heteroatoms. The van der Waals surface area contributed by atoms with Crippen LogP contribution in [0.15, 0.2) is 59.1 Å². The van der Waals surface area contributed by atoms with Gasteiger partial charge in [-0.3, -0.25) is 0 Å². The molecule has 33 heavy (non-hydrogen) atoms. The molecule has 7 nitrogen and oxygen atoms in total. The smallest absolute Gasteiger partial charge is 0.402 e. The lowest BCUT2D eigenvalue weighted by atomic mass is 10.0. The van der Waals surface area contributed by atoms with E-state index in [1.807, 2.05) is 0 Å². The summed E-state index contributed by atoms with van der Waals surface area (Å²) in [5, 5.41) is 8.95. The fraction of sp³-hybridized carbons (Fsp3) is 0.0909. The number of hydrogen-bond donors (Lipinski definition) is 3. The van der Waals surface area contributed by atoms with E-state index in [2.05, 4.69) is 20.5 Å². The molecular weight excluding hydrogens is 444 g/mol. The number of aryl methyl sites for hydroxylation is 1. The van der Waals surface area contributed by atoms with E-state index in [1.165, 1.54) is 24.3 Å². The van der Waals surface area contributed by atoms with Gasteiger partial charge >= 0.3 is 12.4 Å². The summed E-state index contributed by atoms with van der Waals surface area (Å²) >= 11 is 0. The monoisotopic (exact) mass is 460 g/mol. The van der Waals surface area contributed by atoms with Crippen LogP contribution in [0.5, 0.6) is 5.75 Å². The summed E-state index contributed by atoms with van der Waals surface area (Å²) in [7, 11) is 0. The Kier molecular flexibility index (Phi) is 5.54. The normalized spacial score (nSPS) is 11.4. The summed E-state index contributed by atoms with van der Waals surface area (Å²) < 4.78 is 60.2. The summed E-state index contributed by atoms with van der Waals surface area (Å²) in [5.41, 5.74) is 7.89. The third kappa shape index (κ3) is 4.81. The van der Waals surface area contributed by atoms with Crippen molar-refractivity contribution in [1.29, 1.82) is 0 Å². The number of nitrogens with two attached hydrogens (primary N) is 1. The average molecular weight is 460 g/mol. The number of benzene rings is 3. The summed E-state index contributed by atoms with van der Waals surface area (Å²) in [6, 6.07) is 12.6. The molecule has 0 fully saturated rings. The predicted molar refractivity (Wildman–Crippen MR) is 114 cm³/mol. The Bertz CT molecular complexity index is 1330. The molecule has 1 aromatic heterocycles.